The van der Waals surface area contributed by atoms with Crippen LogP contribution in [0.2, 0.25) is 0 Å². The fraction of sp³-hybridized carbons (Fsp3) is 0.235. The third-order valence-corrected chi connectivity index (χ3v) is 4.30. The monoisotopic (exact) mass is 291 g/mol. The van der Waals surface area contributed by atoms with Gasteiger partial charge in [-0.05, 0) is 41.5 Å². The highest BCUT2D eigenvalue weighted by molar-refractivity contribution is 5.60. The summed E-state index contributed by atoms with van der Waals surface area (Å²) in [6.45, 7) is 2.17. The highest BCUT2D eigenvalue weighted by atomic mass is 15.5. The van der Waals surface area contributed by atoms with Crippen LogP contribution in [0.25, 0.3) is 11.4 Å². The van der Waals surface area contributed by atoms with Gasteiger partial charge in [0.15, 0.2) is 0 Å². The third kappa shape index (κ3) is 2.45. The summed E-state index contributed by atoms with van der Waals surface area (Å²) in [5.74, 6) is 1.26. The molecule has 1 atom stereocenters. The molecule has 0 amide bonds. The van der Waals surface area contributed by atoms with Gasteiger partial charge in [0.2, 0.25) is 5.82 Å². The molecule has 3 aromatic rings. The van der Waals surface area contributed by atoms with Gasteiger partial charge in [0.05, 0.1) is 0 Å². The van der Waals surface area contributed by atoms with Gasteiger partial charge in [-0.15, -0.1) is 10.2 Å². The van der Waals surface area contributed by atoms with Crippen LogP contribution in [0.5, 0.6) is 0 Å². The lowest BCUT2D eigenvalue weighted by Gasteiger charge is -2.19. The first-order chi connectivity index (χ1) is 10.9. The van der Waals surface area contributed by atoms with Gasteiger partial charge in [-0.3, -0.25) is 0 Å². The van der Waals surface area contributed by atoms with Crippen LogP contribution < -0.4 is 4.90 Å². The number of hydrogen-bond acceptors (Lipinski definition) is 4. The Bertz CT molecular complexity index is 722. The molecule has 110 valence electrons. The zero-order valence-electron chi connectivity index (χ0n) is 12.2. The van der Waals surface area contributed by atoms with E-state index in [9.17, 15) is 0 Å². The lowest BCUT2D eigenvalue weighted by molar-refractivity contribution is 0.775. The van der Waals surface area contributed by atoms with Crippen LogP contribution >= 0.6 is 0 Å². The average Bonchev–Trinajstić information content (AvgIpc) is 3.28. The van der Waals surface area contributed by atoms with Crippen LogP contribution in [0.15, 0.2) is 54.6 Å². The maximum absolute atomic E-state index is 4.00. The molecular weight excluding hydrogens is 274 g/mol. The molecule has 1 aliphatic rings. The fourth-order valence-electron chi connectivity index (χ4n) is 3.10. The molecule has 1 unspecified atom stereocenters. The SMILES string of the molecule is c1ccc(C2CCN(c3ccc(-c4nn[nH]n4)cc3)C2)cc1. The predicted octanol–water partition coefficient (Wildman–Crippen LogP) is 2.86. The third-order valence-electron chi connectivity index (χ3n) is 4.30. The van der Waals surface area contributed by atoms with E-state index in [1.807, 2.05) is 0 Å². The molecule has 0 bridgehead atoms. The van der Waals surface area contributed by atoms with E-state index in [1.54, 1.807) is 0 Å². The number of hydrogen-bond donors (Lipinski definition) is 1. The second kappa shape index (κ2) is 5.60. The normalized spacial score (nSPS) is 17.8. The molecule has 5 heteroatoms. The highest BCUT2D eigenvalue weighted by Crippen LogP contribution is 2.31. The van der Waals surface area contributed by atoms with E-state index in [4.69, 9.17) is 0 Å². The quantitative estimate of drug-likeness (QED) is 0.806. The molecular formula is C17H17N5. The molecule has 1 saturated heterocycles. The summed E-state index contributed by atoms with van der Waals surface area (Å²) in [7, 11) is 0. The fourth-order valence-corrected chi connectivity index (χ4v) is 3.10. The molecule has 22 heavy (non-hydrogen) atoms. The first kappa shape index (κ1) is 13.0. The number of benzene rings is 2. The number of nitrogens with one attached hydrogen (secondary N) is 1. The van der Waals surface area contributed by atoms with Crippen molar-refractivity contribution < 1.29 is 0 Å². The molecule has 0 aliphatic carbocycles. The Labute approximate surface area is 129 Å². The Balaban J connectivity index is 1.49. The van der Waals surface area contributed by atoms with Crippen molar-refractivity contribution in [3.05, 3.63) is 60.2 Å². The average molecular weight is 291 g/mol. The van der Waals surface area contributed by atoms with Crippen molar-refractivity contribution in [2.24, 2.45) is 0 Å². The van der Waals surface area contributed by atoms with Crippen LogP contribution in [0.1, 0.15) is 17.9 Å². The van der Waals surface area contributed by atoms with Crippen LogP contribution in [0.4, 0.5) is 5.69 Å². The van der Waals surface area contributed by atoms with Crippen molar-refractivity contribution in [3.8, 4) is 11.4 Å². The molecule has 0 saturated carbocycles. The summed E-state index contributed by atoms with van der Waals surface area (Å²) >= 11 is 0. The molecule has 1 aliphatic heterocycles. The lowest BCUT2D eigenvalue weighted by Crippen LogP contribution is -2.18. The highest BCUT2D eigenvalue weighted by Gasteiger charge is 2.23. The van der Waals surface area contributed by atoms with Crippen LogP contribution in [0, 0.1) is 0 Å². The molecule has 1 aromatic heterocycles. The molecule has 5 nitrogen and oxygen atoms in total. The Morgan fingerprint density at radius 2 is 1.82 bits per heavy atom. The Morgan fingerprint density at radius 3 is 2.55 bits per heavy atom. The maximum Gasteiger partial charge on any atom is 0.204 e. The second-order valence-corrected chi connectivity index (χ2v) is 5.62. The number of nitrogens with zero attached hydrogens (tertiary/aromatic N) is 4. The topological polar surface area (TPSA) is 57.7 Å². The first-order valence-electron chi connectivity index (χ1n) is 7.54. The molecule has 1 N–H and O–H groups in total. The largest absolute Gasteiger partial charge is 0.371 e. The number of H-pyrrole nitrogens is 1. The van der Waals surface area contributed by atoms with E-state index in [1.165, 1.54) is 17.7 Å². The van der Waals surface area contributed by atoms with Gasteiger partial charge in [-0.1, -0.05) is 30.3 Å². The standard InChI is InChI=1S/C17H17N5/c1-2-4-13(5-3-1)15-10-11-22(12-15)16-8-6-14(7-9-16)17-18-20-21-19-17/h1-9,15H,10-12H2,(H,18,19,20,21). The van der Waals surface area contributed by atoms with Crippen LogP contribution in [-0.2, 0) is 0 Å². The number of aromatic nitrogens is 4. The van der Waals surface area contributed by atoms with Crippen molar-refractivity contribution in [3.63, 3.8) is 0 Å². The van der Waals surface area contributed by atoms with E-state index in [-0.39, 0.29) is 0 Å². The van der Waals surface area contributed by atoms with Crippen LogP contribution in [0.3, 0.4) is 0 Å². The molecule has 2 heterocycles. The number of rotatable bonds is 3. The first-order valence-corrected chi connectivity index (χ1v) is 7.54. The van der Waals surface area contributed by atoms with Crippen molar-refractivity contribution in [2.75, 3.05) is 18.0 Å². The molecule has 0 radical (unpaired) electrons. The van der Waals surface area contributed by atoms with Crippen LogP contribution in [-0.4, -0.2) is 33.7 Å². The van der Waals surface area contributed by atoms with E-state index >= 15 is 0 Å². The summed E-state index contributed by atoms with van der Waals surface area (Å²) in [5, 5.41) is 14.1. The maximum atomic E-state index is 4.00. The Morgan fingerprint density at radius 1 is 1.00 bits per heavy atom. The van der Waals surface area contributed by atoms with Gasteiger partial charge in [-0.2, -0.15) is 5.21 Å². The van der Waals surface area contributed by atoms with Crippen molar-refractivity contribution in [1.82, 2.24) is 20.6 Å². The summed E-state index contributed by atoms with van der Waals surface area (Å²) < 4.78 is 0. The number of tetrazole rings is 1. The molecule has 2 aromatic carbocycles. The van der Waals surface area contributed by atoms with Gasteiger partial charge >= 0.3 is 0 Å². The van der Waals surface area contributed by atoms with Gasteiger partial charge in [0.1, 0.15) is 0 Å². The number of anilines is 1. The van der Waals surface area contributed by atoms with E-state index in [2.05, 4.69) is 80.1 Å². The van der Waals surface area contributed by atoms with Gasteiger partial charge < -0.3 is 4.90 Å². The molecule has 4 rings (SSSR count). The van der Waals surface area contributed by atoms with Crippen molar-refractivity contribution >= 4 is 5.69 Å². The predicted molar refractivity (Wildman–Crippen MR) is 85.6 cm³/mol. The Kier molecular flexibility index (Phi) is 3.31. The molecule has 1 fully saturated rings. The summed E-state index contributed by atoms with van der Waals surface area (Å²) in [6.07, 6.45) is 1.20. The van der Waals surface area contributed by atoms with E-state index in [0.717, 1.165) is 18.7 Å². The van der Waals surface area contributed by atoms with E-state index in [0.29, 0.717) is 11.7 Å². The minimum Gasteiger partial charge on any atom is -0.371 e. The summed E-state index contributed by atoms with van der Waals surface area (Å²) in [6, 6.07) is 19.2. The minimum atomic E-state index is 0.623. The zero-order chi connectivity index (χ0) is 14.8. The lowest BCUT2D eigenvalue weighted by atomic mass is 9.99. The van der Waals surface area contributed by atoms with Gasteiger partial charge in [0, 0.05) is 30.3 Å². The van der Waals surface area contributed by atoms with Gasteiger partial charge in [0.25, 0.3) is 0 Å². The van der Waals surface area contributed by atoms with Crippen molar-refractivity contribution in [1.29, 1.82) is 0 Å². The van der Waals surface area contributed by atoms with E-state index < -0.39 is 0 Å². The Hall–Kier alpha value is -2.69. The summed E-state index contributed by atoms with van der Waals surface area (Å²) in [5.41, 5.74) is 3.68. The second-order valence-electron chi connectivity index (χ2n) is 5.62. The zero-order valence-corrected chi connectivity index (χ0v) is 12.2. The number of aromatic amines is 1. The minimum absolute atomic E-state index is 0.623. The summed E-state index contributed by atoms with van der Waals surface area (Å²) in [4.78, 5) is 2.44. The molecule has 0 spiro atoms. The van der Waals surface area contributed by atoms with Gasteiger partial charge in [-0.25, -0.2) is 0 Å². The smallest absolute Gasteiger partial charge is 0.204 e. The van der Waals surface area contributed by atoms with Crippen molar-refractivity contribution in [2.45, 2.75) is 12.3 Å².